The van der Waals surface area contributed by atoms with E-state index < -0.39 is 9.84 Å². The van der Waals surface area contributed by atoms with Crippen LogP contribution in [0.4, 0.5) is 0 Å². The highest BCUT2D eigenvalue weighted by Crippen LogP contribution is 2.19. The molecule has 6 heteroatoms. The molecule has 0 aromatic carbocycles. The zero-order valence-electron chi connectivity index (χ0n) is 9.35. The fraction of sp³-hybridized carbons (Fsp3) is 0.545. The fourth-order valence-electron chi connectivity index (χ4n) is 1.98. The van der Waals surface area contributed by atoms with Crippen LogP contribution in [-0.2, 0) is 16.4 Å². The maximum atomic E-state index is 11.6. The number of hydrogen-bond acceptors (Lipinski definition) is 5. The van der Waals surface area contributed by atoms with Gasteiger partial charge in [0.05, 0.1) is 11.0 Å². The molecule has 1 N–H and O–H groups in total. The summed E-state index contributed by atoms with van der Waals surface area (Å²) in [5, 5.41) is 11.6. The van der Waals surface area contributed by atoms with E-state index in [1.165, 1.54) is 11.3 Å². The Morgan fingerprint density at radius 2 is 2.35 bits per heavy atom. The molecule has 1 saturated heterocycles. The highest BCUT2D eigenvalue weighted by atomic mass is 32.2. The summed E-state index contributed by atoms with van der Waals surface area (Å²) in [6.45, 7) is 1.15. The Labute approximate surface area is 105 Å². The Kier molecular flexibility index (Phi) is 3.82. The highest BCUT2D eigenvalue weighted by Gasteiger charge is 2.30. The predicted molar refractivity (Wildman–Crippen MR) is 67.5 cm³/mol. The third kappa shape index (κ3) is 3.06. The van der Waals surface area contributed by atoms with Gasteiger partial charge in [-0.05, 0) is 25.0 Å². The first-order chi connectivity index (χ1) is 8.12. The average molecular weight is 270 g/mol. The molecule has 1 aliphatic heterocycles. The first kappa shape index (κ1) is 12.6. The Morgan fingerprint density at radius 3 is 2.94 bits per heavy atom. The lowest BCUT2D eigenvalue weighted by molar-refractivity contribution is 0.575. The summed E-state index contributed by atoms with van der Waals surface area (Å²) in [6.07, 6.45) is 1.55. The molecule has 0 aliphatic carbocycles. The summed E-state index contributed by atoms with van der Waals surface area (Å²) in [6, 6.07) is 5.77. The van der Waals surface area contributed by atoms with Crippen LogP contribution in [0.2, 0.25) is 0 Å². The molecule has 1 fully saturated rings. The van der Waals surface area contributed by atoms with Crippen molar-refractivity contribution in [3.63, 3.8) is 0 Å². The quantitative estimate of drug-likeness (QED) is 0.895. The summed E-state index contributed by atoms with van der Waals surface area (Å²) in [5.41, 5.74) is 0. The van der Waals surface area contributed by atoms with Crippen molar-refractivity contribution < 1.29 is 8.42 Å². The van der Waals surface area contributed by atoms with E-state index in [0.29, 0.717) is 23.7 Å². The van der Waals surface area contributed by atoms with Crippen LogP contribution >= 0.6 is 11.3 Å². The zero-order chi connectivity index (χ0) is 12.3. The van der Waals surface area contributed by atoms with Crippen molar-refractivity contribution in [1.82, 2.24) is 5.32 Å². The maximum Gasteiger partial charge on any atom is 0.154 e. The third-order valence-corrected chi connectivity index (χ3v) is 6.17. The van der Waals surface area contributed by atoms with Gasteiger partial charge in [-0.1, -0.05) is 0 Å². The van der Waals surface area contributed by atoms with Crippen LogP contribution in [-0.4, -0.2) is 26.0 Å². The molecule has 1 aromatic heterocycles. The van der Waals surface area contributed by atoms with Gasteiger partial charge in [0.15, 0.2) is 9.84 Å². The molecule has 1 aliphatic rings. The second kappa shape index (κ2) is 5.17. The Hall–Kier alpha value is -0.900. The normalized spacial score (nSPS) is 22.4. The number of sulfone groups is 1. The molecule has 17 heavy (non-hydrogen) atoms. The number of thiophene rings is 1. The van der Waals surface area contributed by atoms with E-state index in [4.69, 9.17) is 5.26 Å². The summed E-state index contributed by atoms with van der Waals surface area (Å²) >= 11 is 1.44. The minimum Gasteiger partial charge on any atom is -0.311 e. The van der Waals surface area contributed by atoms with Crippen molar-refractivity contribution in [1.29, 1.82) is 5.26 Å². The summed E-state index contributed by atoms with van der Waals surface area (Å²) in [4.78, 5) is 1.76. The van der Waals surface area contributed by atoms with Crippen molar-refractivity contribution >= 4 is 21.2 Å². The van der Waals surface area contributed by atoms with Gasteiger partial charge in [0.25, 0.3) is 0 Å². The lowest BCUT2D eigenvalue weighted by atomic mass is 10.2. The van der Waals surface area contributed by atoms with Gasteiger partial charge >= 0.3 is 0 Å². The van der Waals surface area contributed by atoms with Gasteiger partial charge in [0.1, 0.15) is 10.9 Å². The lowest BCUT2D eigenvalue weighted by Crippen LogP contribution is -2.29. The number of nitriles is 1. The second-order valence-corrected chi connectivity index (χ2v) is 7.71. The second-order valence-electron chi connectivity index (χ2n) is 4.14. The monoisotopic (exact) mass is 270 g/mol. The number of nitrogens with one attached hydrogen (secondary N) is 1. The SMILES string of the molecule is N#Cc1ccc(CNCC2CCCS2(=O)=O)s1. The molecule has 1 unspecified atom stereocenters. The van der Waals surface area contributed by atoms with E-state index in [9.17, 15) is 8.42 Å². The van der Waals surface area contributed by atoms with E-state index in [1.54, 1.807) is 6.07 Å². The van der Waals surface area contributed by atoms with Gasteiger partial charge in [0, 0.05) is 18.0 Å². The molecular formula is C11H14N2O2S2. The summed E-state index contributed by atoms with van der Waals surface area (Å²) < 4.78 is 23.1. The molecule has 0 saturated carbocycles. The minimum absolute atomic E-state index is 0.224. The zero-order valence-corrected chi connectivity index (χ0v) is 11.0. The van der Waals surface area contributed by atoms with Crippen molar-refractivity contribution in [2.75, 3.05) is 12.3 Å². The van der Waals surface area contributed by atoms with Gasteiger partial charge < -0.3 is 5.32 Å². The number of hydrogen-bond donors (Lipinski definition) is 1. The van der Waals surface area contributed by atoms with Crippen LogP contribution in [0.1, 0.15) is 22.6 Å². The highest BCUT2D eigenvalue weighted by molar-refractivity contribution is 7.92. The average Bonchev–Trinajstić information content (AvgIpc) is 2.86. The fourth-order valence-corrected chi connectivity index (χ4v) is 4.55. The van der Waals surface area contributed by atoms with E-state index in [2.05, 4.69) is 11.4 Å². The molecular weight excluding hydrogens is 256 g/mol. The van der Waals surface area contributed by atoms with Crippen molar-refractivity contribution in [2.24, 2.45) is 0 Å². The largest absolute Gasteiger partial charge is 0.311 e. The van der Waals surface area contributed by atoms with E-state index in [-0.39, 0.29) is 5.25 Å². The van der Waals surface area contributed by atoms with Crippen LogP contribution in [0.5, 0.6) is 0 Å². The molecule has 0 radical (unpaired) electrons. The van der Waals surface area contributed by atoms with Crippen LogP contribution in [0.15, 0.2) is 12.1 Å². The van der Waals surface area contributed by atoms with Crippen molar-refractivity contribution in [3.05, 3.63) is 21.9 Å². The Bertz CT molecular complexity index is 528. The smallest absolute Gasteiger partial charge is 0.154 e. The standard InChI is InChI=1S/C11H14N2O2S2/c12-6-9-3-4-10(16-9)7-13-8-11-2-1-5-17(11,14)15/h3-4,11,13H,1-2,5,7-8H2. The maximum absolute atomic E-state index is 11.6. The molecule has 0 spiro atoms. The molecule has 1 aromatic rings. The molecule has 4 nitrogen and oxygen atoms in total. The predicted octanol–water partition coefficient (Wildman–Crippen LogP) is 1.29. The van der Waals surface area contributed by atoms with E-state index in [0.717, 1.165) is 17.7 Å². The number of nitrogens with zero attached hydrogens (tertiary/aromatic N) is 1. The van der Waals surface area contributed by atoms with E-state index in [1.807, 2.05) is 6.07 Å². The first-order valence-corrected chi connectivity index (χ1v) is 8.06. The van der Waals surface area contributed by atoms with Gasteiger partial charge in [-0.2, -0.15) is 5.26 Å². The molecule has 0 amide bonds. The Morgan fingerprint density at radius 1 is 1.53 bits per heavy atom. The van der Waals surface area contributed by atoms with Gasteiger partial charge in [-0.15, -0.1) is 11.3 Å². The first-order valence-electron chi connectivity index (χ1n) is 5.53. The van der Waals surface area contributed by atoms with Gasteiger partial charge in [-0.25, -0.2) is 8.42 Å². The van der Waals surface area contributed by atoms with Crippen molar-refractivity contribution in [2.45, 2.75) is 24.6 Å². The van der Waals surface area contributed by atoms with Crippen LogP contribution in [0, 0.1) is 11.3 Å². The van der Waals surface area contributed by atoms with Gasteiger partial charge in [-0.3, -0.25) is 0 Å². The summed E-state index contributed by atoms with van der Waals surface area (Å²) in [5.74, 6) is 0.330. The Balaban J connectivity index is 1.82. The van der Waals surface area contributed by atoms with Crippen LogP contribution in [0.3, 0.4) is 0 Å². The van der Waals surface area contributed by atoms with Crippen molar-refractivity contribution in [3.8, 4) is 6.07 Å². The van der Waals surface area contributed by atoms with Crippen LogP contribution in [0.25, 0.3) is 0 Å². The number of rotatable bonds is 4. The molecule has 1 atom stereocenters. The molecule has 2 rings (SSSR count). The minimum atomic E-state index is -2.85. The molecule has 2 heterocycles. The summed E-state index contributed by atoms with van der Waals surface area (Å²) in [7, 11) is -2.85. The van der Waals surface area contributed by atoms with Crippen LogP contribution < -0.4 is 5.32 Å². The van der Waals surface area contributed by atoms with E-state index >= 15 is 0 Å². The molecule has 92 valence electrons. The lowest BCUT2D eigenvalue weighted by Gasteiger charge is -2.09. The third-order valence-electron chi connectivity index (χ3n) is 2.91. The molecule has 0 bridgehead atoms. The topological polar surface area (TPSA) is 70.0 Å². The van der Waals surface area contributed by atoms with Gasteiger partial charge in [0.2, 0.25) is 0 Å².